The Balaban J connectivity index is 2.57. The highest BCUT2D eigenvalue weighted by atomic mass is 16.4. The summed E-state index contributed by atoms with van der Waals surface area (Å²) >= 11 is 0. The summed E-state index contributed by atoms with van der Waals surface area (Å²) in [5.74, 6) is -1.18. The number of benzene rings is 1. The Morgan fingerprint density at radius 2 is 2.10 bits per heavy atom. The Kier molecular flexibility index (Phi) is 5.73. The number of carboxylic acids is 1. The van der Waals surface area contributed by atoms with Gasteiger partial charge < -0.3 is 10.0 Å². The van der Waals surface area contributed by atoms with Gasteiger partial charge >= 0.3 is 5.97 Å². The summed E-state index contributed by atoms with van der Waals surface area (Å²) in [5.41, 5.74) is 1.44. The van der Waals surface area contributed by atoms with E-state index in [-0.39, 0.29) is 24.7 Å². The molecule has 1 atom stereocenters. The quantitative estimate of drug-likeness (QED) is 0.860. The van der Waals surface area contributed by atoms with Gasteiger partial charge in [0.15, 0.2) is 0 Å². The minimum absolute atomic E-state index is 0.0104. The molecule has 1 N–H and O–H groups in total. The summed E-state index contributed by atoms with van der Waals surface area (Å²) < 4.78 is 0. The first-order valence-corrected chi connectivity index (χ1v) is 6.37. The highest BCUT2D eigenvalue weighted by Gasteiger charge is 2.16. The number of carbonyl (C=O) groups is 2. The van der Waals surface area contributed by atoms with Crippen LogP contribution in [0.4, 0.5) is 0 Å². The maximum absolute atomic E-state index is 12.0. The smallest absolute Gasteiger partial charge is 0.303 e. The van der Waals surface area contributed by atoms with Crippen molar-refractivity contribution in [2.24, 2.45) is 5.92 Å². The number of rotatable bonds is 6. The van der Waals surface area contributed by atoms with Crippen LogP contribution in [0.25, 0.3) is 0 Å². The van der Waals surface area contributed by atoms with Crippen molar-refractivity contribution in [3.63, 3.8) is 0 Å². The average molecular weight is 274 g/mol. The molecule has 0 aliphatic carbocycles. The summed E-state index contributed by atoms with van der Waals surface area (Å²) in [4.78, 5) is 24.1. The Morgan fingerprint density at radius 3 is 2.70 bits per heavy atom. The van der Waals surface area contributed by atoms with Crippen LogP contribution < -0.4 is 0 Å². The second kappa shape index (κ2) is 7.29. The summed E-state index contributed by atoms with van der Waals surface area (Å²) in [6.07, 6.45) is 0.199. The fourth-order valence-corrected chi connectivity index (χ4v) is 1.93. The number of hydrogen-bond donors (Lipinski definition) is 1. The Bertz CT molecular complexity index is 534. The number of nitriles is 1. The SMILES string of the molecule is CC(CC(=O)O)CC(=O)N(C)Cc1cccc(C#N)c1. The van der Waals surface area contributed by atoms with Crippen LogP contribution in [0.15, 0.2) is 24.3 Å². The lowest BCUT2D eigenvalue weighted by molar-refractivity contribution is -0.138. The summed E-state index contributed by atoms with van der Waals surface area (Å²) in [6, 6.07) is 9.13. The van der Waals surface area contributed by atoms with Gasteiger partial charge in [-0.2, -0.15) is 5.26 Å². The van der Waals surface area contributed by atoms with Crippen molar-refractivity contribution < 1.29 is 14.7 Å². The van der Waals surface area contributed by atoms with Gasteiger partial charge in [-0.25, -0.2) is 0 Å². The van der Waals surface area contributed by atoms with Gasteiger partial charge in [-0.3, -0.25) is 9.59 Å². The Morgan fingerprint density at radius 1 is 1.40 bits per heavy atom. The molecule has 106 valence electrons. The predicted octanol–water partition coefficient (Wildman–Crippen LogP) is 2.02. The molecule has 1 aromatic carbocycles. The lowest BCUT2D eigenvalue weighted by Gasteiger charge is -2.19. The average Bonchev–Trinajstić information content (AvgIpc) is 2.37. The van der Waals surface area contributed by atoms with Crippen LogP contribution in [0.1, 0.15) is 30.9 Å². The first kappa shape index (κ1) is 15.7. The van der Waals surface area contributed by atoms with E-state index in [1.54, 1.807) is 37.1 Å². The first-order chi connectivity index (χ1) is 9.42. The minimum Gasteiger partial charge on any atom is -0.481 e. The maximum Gasteiger partial charge on any atom is 0.303 e. The molecule has 0 saturated heterocycles. The molecule has 0 aliphatic heterocycles. The summed E-state index contributed by atoms with van der Waals surface area (Å²) in [5, 5.41) is 17.5. The van der Waals surface area contributed by atoms with E-state index in [1.165, 1.54) is 0 Å². The van der Waals surface area contributed by atoms with Crippen LogP contribution in [0.5, 0.6) is 0 Å². The molecule has 0 fully saturated rings. The summed E-state index contributed by atoms with van der Waals surface area (Å²) in [7, 11) is 1.68. The number of hydrogen-bond acceptors (Lipinski definition) is 3. The largest absolute Gasteiger partial charge is 0.481 e. The molecule has 20 heavy (non-hydrogen) atoms. The molecular formula is C15H18N2O3. The minimum atomic E-state index is -0.894. The van der Waals surface area contributed by atoms with Crippen molar-refractivity contribution >= 4 is 11.9 Å². The molecule has 0 heterocycles. The molecule has 5 heteroatoms. The number of carboxylic acid groups (broad SMARTS) is 1. The molecule has 0 aromatic heterocycles. The molecule has 1 amide bonds. The zero-order valence-corrected chi connectivity index (χ0v) is 11.7. The third kappa shape index (κ3) is 5.11. The van der Waals surface area contributed by atoms with Crippen LogP contribution in [-0.2, 0) is 16.1 Å². The Labute approximate surface area is 118 Å². The Hall–Kier alpha value is -2.35. The lowest BCUT2D eigenvalue weighted by Crippen LogP contribution is -2.28. The van der Waals surface area contributed by atoms with E-state index in [9.17, 15) is 9.59 Å². The third-order valence-electron chi connectivity index (χ3n) is 2.95. The van der Waals surface area contributed by atoms with Gasteiger partial charge in [0.2, 0.25) is 5.91 Å². The van der Waals surface area contributed by atoms with Crippen LogP contribution in [0.2, 0.25) is 0 Å². The molecule has 5 nitrogen and oxygen atoms in total. The van der Waals surface area contributed by atoms with Crippen molar-refractivity contribution in [2.75, 3.05) is 7.05 Å². The van der Waals surface area contributed by atoms with Gasteiger partial charge in [0.25, 0.3) is 0 Å². The second-order valence-corrected chi connectivity index (χ2v) is 4.97. The molecule has 1 aromatic rings. The highest BCUT2D eigenvalue weighted by Crippen LogP contribution is 2.12. The molecule has 0 bridgehead atoms. The van der Waals surface area contributed by atoms with Crippen molar-refractivity contribution in [1.29, 1.82) is 5.26 Å². The van der Waals surface area contributed by atoms with Crippen LogP contribution in [0.3, 0.4) is 0 Å². The molecular weight excluding hydrogens is 256 g/mol. The number of nitrogens with zero attached hydrogens (tertiary/aromatic N) is 2. The van der Waals surface area contributed by atoms with Gasteiger partial charge in [0, 0.05) is 26.4 Å². The summed E-state index contributed by atoms with van der Waals surface area (Å²) in [6.45, 7) is 2.16. The monoisotopic (exact) mass is 274 g/mol. The lowest BCUT2D eigenvalue weighted by atomic mass is 10.0. The molecule has 0 saturated carbocycles. The standard InChI is InChI=1S/C15H18N2O3/c1-11(7-15(19)20)6-14(18)17(2)10-13-5-3-4-12(8-13)9-16/h3-5,8,11H,6-7,10H2,1-2H3,(H,19,20). The molecule has 0 radical (unpaired) electrons. The van der Waals surface area contributed by atoms with Crippen LogP contribution >= 0.6 is 0 Å². The van der Waals surface area contributed by atoms with E-state index in [0.717, 1.165) is 5.56 Å². The van der Waals surface area contributed by atoms with E-state index in [4.69, 9.17) is 10.4 Å². The molecule has 1 unspecified atom stereocenters. The van der Waals surface area contributed by atoms with Crippen molar-refractivity contribution in [2.45, 2.75) is 26.3 Å². The molecule has 1 rings (SSSR count). The van der Waals surface area contributed by atoms with Crippen LogP contribution in [-0.4, -0.2) is 28.9 Å². The first-order valence-electron chi connectivity index (χ1n) is 6.37. The topological polar surface area (TPSA) is 81.4 Å². The van der Waals surface area contributed by atoms with Crippen molar-refractivity contribution in [1.82, 2.24) is 4.90 Å². The van der Waals surface area contributed by atoms with Gasteiger partial charge in [-0.05, 0) is 23.6 Å². The second-order valence-electron chi connectivity index (χ2n) is 4.97. The number of amides is 1. The fourth-order valence-electron chi connectivity index (χ4n) is 1.93. The van der Waals surface area contributed by atoms with Gasteiger partial charge in [-0.1, -0.05) is 19.1 Å². The van der Waals surface area contributed by atoms with Crippen LogP contribution in [0, 0.1) is 17.2 Å². The normalized spacial score (nSPS) is 11.4. The molecule has 0 spiro atoms. The van der Waals surface area contributed by atoms with E-state index < -0.39 is 5.97 Å². The van der Waals surface area contributed by atoms with Crippen molar-refractivity contribution in [3.8, 4) is 6.07 Å². The highest BCUT2D eigenvalue weighted by molar-refractivity contribution is 5.77. The molecule has 0 aliphatic rings. The number of carbonyl (C=O) groups excluding carboxylic acids is 1. The number of aliphatic carboxylic acids is 1. The van der Waals surface area contributed by atoms with E-state index in [2.05, 4.69) is 6.07 Å². The van der Waals surface area contributed by atoms with Crippen molar-refractivity contribution in [3.05, 3.63) is 35.4 Å². The van der Waals surface area contributed by atoms with Gasteiger partial charge in [0.1, 0.15) is 0 Å². The predicted molar refractivity (Wildman–Crippen MR) is 73.7 cm³/mol. The zero-order chi connectivity index (χ0) is 15.1. The van der Waals surface area contributed by atoms with Gasteiger partial charge in [0.05, 0.1) is 11.6 Å². The third-order valence-corrected chi connectivity index (χ3v) is 2.95. The van der Waals surface area contributed by atoms with Gasteiger partial charge in [-0.15, -0.1) is 0 Å². The van der Waals surface area contributed by atoms with E-state index >= 15 is 0 Å². The maximum atomic E-state index is 12.0. The van der Waals surface area contributed by atoms with E-state index in [1.807, 2.05) is 6.07 Å². The van der Waals surface area contributed by atoms with E-state index in [0.29, 0.717) is 12.1 Å². The fraction of sp³-hybridized carbons (Fsp3) is 0.400. The zero-order valence-electron chi connectivity index (χ0n) is 11.7.